The Labute approximate surface area is 118 Å². The third kappa shape index (κ3) is 3.69. The summed E-state index contributed by atoms with van der Waals surface area (Å²) < 4.78 is 59.8. The molecule has 1 rings (SSSR count). The molecule has 0 saturated heterocycles. The smallest absolute Gasteiger partial charge is 0.181 e. The van der Waals surface area contributed by atoms with Crippen molar-refractivity contribution in [1.82, 2.24) is 0 Å². The van der Waals surface area contributed by atoms with Crippen LogP contribution in [0.15, 0.2) is 23.1 Å². The van der Waals surface area contributed by atoms with Gasteiger partial charge >= 0.3 is 0 Å². The number of rotatable bonds is 4. The molecule has 114 valence electrons. The van der Waals surface area contributed by atoms with E-state index in [9.17, 15) is 21.2 Å². The third-order valence-corrected chi connectivity index (χ3v) is 7.51. The Bertz CT molecular complexity index is 703. The Kier molecular flexibility index (Phi) is 4.50. The number of nitrogens with two attached hydrogens (primary N) is 1. The molecule has 1 aromatic rings. The van der Waals surface area contributed by atoms with Crippen molar-refractivity contribution in [3.8, 4) is 0 Å². The normalized spacial score (nSPS) is 13.4. The van der Waals surface area contributed by atoms with Crippen LogP contribution in [0.5, 0.6) is 0 Å². The summed E-state index contributed by atoms with van der Waals surface area (Å²) in [7, 11) is -7.43. The fraction of sp³-hybridized carbons (Fsp3) is 0.500. The van der Waals surface area contributed by atoms with Crippen LogP contribution in [0, 0.1) is 5.82 Å². The topological polar surface area (TPSA) is 94.3 Å². The number of hydrogen-bond acceptors (Lipinski definition) is 5. The van der Waals surface area contributed by atoms with Gasteiger partial charge in [-0.3, -0.25) is 0 Å². The van der Waals surface area contributed by atoms with Gasteiger partial charge < -0.3 is 5.73 Å². The van der Waals surface area contributed by atoms with Gasteiger partial charge in [0.15, 0.2) is 19.7 Å². The second kappa shape index (κ2) is 5.33. The summed E-state index contributed by atoms with van der Waals surface area (Å²) in [6, 6.07) is 2.91. The van der Waals surface area contributed by atoms with Crippen LogP contribution >= 0.6 is 0 Å². The van der Waals surface area contributed by atoms with Gasteiger partial charge in [0.1, 0.15) is 5.82 Å². The Balaban J connectivity index is 3.03. The fourth-order valence-corrected chi connectivity index (χ4v) is 4.72. The van der Waals surface area contributed by atoms with Crippen molar-refractivity contribution in [2.24, 2.45) is 0 Å². The van der Waals surface area contributed by atoms with Gasteiger partial charge in [-0.15, -0.1) is 0 Å². The van der Waals surface area contributed by atoms with Crippen LogP contribution in [0.3, 0.4) is 0 Å². The van der Waals surface area contributed by atoms with E-state index in [4.69, 9.17) is 5.73 Å². The van der Waals surface area contributed by atoms with Gasteiger partial charge in [-0.25, -0.2) is 21.2 Å². The van der Waals surface area contributed by atoms with Gasteiger partial charge in [-0.2, -0.15) is 0 Å². The Morgan fingerprint density at radius 2 is 1.65 bits per heavy atom. The maximum Gasteiger partial charge on any atom is 0.181 e. The van der Waals surface area contributed by atoms with Crippen molar-refractivity contribution in [2.75, 3.05) is 17.2 Å². The molecule has 0 aliphatic heterocycles. The van der Waals surface area contributed by atoms with E-state index in [1.54, 1.807) is 0 Å². The molecule has 5 nitrogen and oxygen atoms in total. The van der Waals surface area contributed by atoms with Crippen LogP contribution in [-0.2, 0) is 19.7 Å². The average Bonchev–Trinajstić information content (AvgIpc) is 2.24. The molecule has 0 aliphatic carbocycles. The van der Waals surface area contributed by atoms with Crippen molar-refractivity contribution in [3.05, 3.63) is 24.0 Å². The number of benzene rings is 1. The van der Waals surface area contributed by atoms with Crippen molar-refractivity contribution in [1.29, 1.82) is 0 Å². The van der Waals surface area contributed by atoms with Gasteiger partial charge in [-0.1, -0.05) is 0 Å². The number of halogens is 1. The van der Waals surface area contributed by atoms with E-state index < -0.39 is 41.7 Å². The van der Waals surface area contributed by atoms with E-state index in [0.717, 1.165) is 18.2 Å². The van der Waals surface area contributed by atoms with Crippen LogP contribution in [0.2, 0.25) is 0 Å². The van der Waals surface area contributed by atoms with Crippen LogP contribution in [0.1, 0.15) is 20.8 Å². The third-order valence-electron chi connectivity index (χ3n) is 2.86. The van der Waals surface area contributed by atoms with Gasteiger partial charge in [-0.05, 0) is 39.0 Å². The molecule has 0 aromatic heterocycles. The van der Waals surface area contributed by atoms with Crippen molar-refractivity contribution in [2.45, 2.75) is 30.4 Å². The standard InChI is InChI=1S/C12H18FNO4S2/c1-12(2,3)20(17,18)7-6-19(15,16)11-5-4-9(13)8-10(11)14/h4-5,8H,6-7,14H2,1-3H3. The molecule has 0 unspecified atom stereocenters. The number of nitrogen functional groups attached to an aromatic ring is 1. The van der Waals surface area contributed by atoms with E-state index in [1.807, 2.05) is 0 Å². The van der Waals surface area contributed by atoms with Crippen LogP contribution < -0.4 is 5.73 Å². The monoisotopic (exact) mass is 323 g/mol. The Morgan fingerprint density at radius 3 is 2.10 bits per heavy atom. The highest BCUT2D eigenvalue weighted by Crippen LogP contribution is 2.22. The van der Waals surface area contributed by atoms with Crippen LogP contribution in [0.4, 0.5) is 10.1 Å². The SMILES string of the molecule is CC(C)(C)S(=O)(=O)CCS(=O)(=O)c1ccc(F)cc1N. The Morgan fingerprint density at radius 1 is 1.10 bits per heavy atom. The van der Waals surface area contributed by atoms with Crippen molar-refractivity contribution < 1.29 is 21.2 Å². The highest BCUT2D eigenvalue weighted by molar-refractivity contribution is 7.95. The molecule has 1 aromatic carbocycles. The summed E-state index contributed by atoms with van der Waals surface area (Å²) >= 11 is 0. The Hall–Kier alpha value is -1.15. The molecular formula is C12H18FNO4S2. The number of anilines is 1. The molecule has 0 saturated carbocycles. The molecule has 0 bridgehead atoms. The zero-order chi connectivity index (χ0) is 15.8. The molecule has 8 heteroatoms. The lowest BCUT2D eigenvalue weighted by Gasteiger charge is -2.19. The minimum Gasteiger partial charge on any atom is -0.398 e. The predicted molar refractivity (Wildman–Crippen MR) is 76.4 cm³/mol. The summed E-state index contributed by atoms with van der Waals surface area (Å²) in [6.45, 7) is 4.50. The quantitative estimate of drug-likeness (QED) is 0.667. The number of hydrogen-bond donors (Lipinski definition) is 1. The maximum atomic E-state index is 12.9. The summed E-state index contributed by atoms with van der Waals surface area (Å²) in [4.78, 5) is -0.247. The minimum absolute atomic E-state index is 0.224. The van der Waals surface area contributed by atoms with Gasteiger partial charge in [0.25, 0.3) is 0 Å². The first kappa shape index (κ1) is 16.9. The first-order valence-electron chi connectivity index (χ1n) is 5.87. The van der Waals surface area contributed by atoms with Crippen LogP contribution in [0.25, 0.3) is 0 Å². The van der Waals surface area contributed by atoms with Crippen molar-refractivity contribution in [3.63, 3.8) is 0 Å². The molecule has 0 radical (unpaired) electrons. The molecule has 0 fully saturated rings. The summed E-state index contributed by atoms with van der Waals surface area (Å²) in [5.74, 6) is -1.73. The predicted octanol–water partition coefficient (Wildman–Crippen LogP) is 1.39. The fourth-order valence-electron chi connectivity index (χ4n) is 1.44. The molecule has 0 spiro atoms. The molecular weight excluding hydrogens is 305 g/mol. The number of sulfone groups is 2. The molecule has 20 heavy (non-hydrogen) atoms. The molecule has 2 N–H and O–H groups in total. The summed E-state index contributed by atoms with van der Waals surface area (Å²) in [6.07, 6.45) is 0. The van der Waals surface area contributed by atoms with E-state index in [1.165, 1.54) is 20.8 Å². The summed E-state index contributed by atoms with van der Waals surface area (Å²) in [5.41, 5.74) is 5.24. The molecule has 0 atom stereocenters. The van der Waals surface area contributed by atoms with Crippen molar-refractivity contribution >= 4 is 25.4 Å². The van der Waals surface area contributed by atoms with Gasteiger partial charge in [0, 0.05) is 0 Å². The highest BCUT2D eigenvalue weighted by atomic mass is 32.2. The van der Waals surface area contributed by atoms with E-state index in [-0.39, 0.29) is 10.6 Å². The minimum atomic E-state index is -3.87. The highest BCUT2D eigenvalue weighted by Gasteiger charge is 2.31. The average molecular weight is 323 g/mol. The van der Waals surface area contributed by atoms with Gasteiger partial charge in [0.05, 0.1) is 26.8 Å². The van der Waals surface area contributed by atoms with E-state index >= 15 is 0 Å². The lowest BCUT2D eigenvalue weighted by atomic mass is 10.3. The zero-order valence-corrected chi connectivity index (χ0v) is 13.2. The van der Waals surface area contributed by atoms with Gasteiger partial charge in [0.2, 0.25) is 0 Å². The zero-order valence-electron chi connectivity index (χ0n) is 11.6. The molecule has 0 amide bonds. The largest absolute Gasteiger partial charge is 0.398 e. The van der Waals surface area contributed by atoms with E-state index in [0.29, 0.717) is 0 Å². The first-order valence-corrected chi connectivity index (χ1v) is 9.17. The molecule has 0 aliphatic rings. The second-order valence-corrected chi connectivity index (χ2v) is 10.4. The maximum absolute atomic E-state index is 12.9. The van der Waals surface area contributed by atoms with E-state index in [2.05, 4.69) is 0 Å². The first-order chi connectivity index (χ1) is 8.87. The second-order valence-electron chi connectivity index (χ2n) is 5.43. The lowest BCUT2D eigenvalue weighted by Crippen LogP contribution is -2.33. The lowest BCUT2D eigenvalue weighted by molar-refractivity contribution is 0.559. The summed E-state index contributed by atoms with van der Waals surface area (Å²) in [5, 5.41) is 0. The van der Waals surface area contributed by atoms with Crippen LogP contribution in [-0.4, -0.2) is 33.1 Å². The molecule has 0 heterocycles.